The second-order valence-electron chi connectivity index (χ2n) is 4.97. The van der Waals surface area contributed by atoms with E-state index in [4.69, 9.17) is 9.84 Å². The maximum absolute atomic E-state index is 13.6. The van der Waals surface area contributed by atoms with Crippen LogP contribution < -0.4 is 0 Å². The van der Waals surface area contributed by atoms with Crippen LogP contribution >= 0.6 is 0 Å². The Kier molecular flexibility index (Phi) is 4.53. The van der Waals surface area contributed by atoms with Crippen LogP contribution in [0.3, 0.4) is 0 Å². The topological polar surface area (TPSA) is 46.5 Å². The normalized spacial score (nSPS) is 23.3. The van der Waals surface area contributed by atoms with Gasteiger partial charge >= 0.3 is 5.97 Å². The number of hydrogen-bond donors (Lipinski definition) is 1. The van der Waals surface area contributed by atoms with Gasteiger partial charge in [-0.25, -0.2) is 9.18 Å². The number of carboxylic acids is 1. The molecule has 1 aliphatic carbocycles. The van der Waals surface area contributed by atoms with Crippen LogP contribution in [0.2, 0.25) is 0 Å². The average molecular weight is 266 g/mol. The van der Waals surface area contributed by atoms with E-state index in [9.17, 15) is 9.18 Å². The molecule has 3 nitrogen and oxygen atoms in total. The van der Waals surface area contributed by atoms with Crippen molar-refractivity contribution in [3.63, 3.8) is 0 Å². The molecule has 0 spiro atoms. The summed E-state index contributed by atoms with van der Waals surface area (Å²) in [5, 5.41) is 8.80. The van der Waals surface area contributed by atoms with Gasteiger partial charge in [0.25, 0.3) is 0 Å². The SMILES string of the molecule is CCOC1CCC(c2ccc(C(=O)O)c(F)c2)CC1. The van der Waals surface area contributed by atoms with E-state index in [0.29, 0.717) is 12.0 Å². The van der Waals surface area contributed by atoms with Crippen molar-refractivity contribution >= 4 is 5.97 Å². The number of halogens is 1. The third-order valence-electron chi connectivity index (χ3n) is 3.77. The van der Waals surface area contributed by atoms with Crippen molar-refractivity contribution in [1.82, 2.24) is 0 Å². The van der Waals surface area contributed by atoms with Crippen molar-refractivity contribution in [2.75, 3.05) is 6.61 Å². The van der Waals surface area contributed by atoms with Gasteiger partial charge in [0.1, 0.15) is 5.82 Å². The minimum absolute atomic E-state index is 0.258. The van der Waals surface area contributed by atoms with Crippen molar-refractivity contribution in [2.24, 2.45) is 0 Å². The van der Waals surface area contributed by atoms with E-state index in [0.717, 1.165) is 37.9 Å². The van der Waals surface area contributed by atoms with Gasteiger partial charge in [-0.1, -0.05) is 6.07 Å². The number of aromatic carboxylic acids is 1. The van der Waals surface area contributed by atoms with Crippen molar-refractivity contribution in [3.05, 3.63) is 35.1 Å². The molecule has 1 aliphatic rings. The summed E-state index contributed by atoms with van der Waals surface area (Å²) in [5.41, 5.74) is 0.643. The first-order valence-corrected chi connectivity index (χ1v) is 6.76. The van der Waals surface area contributed by atoms with E-state index in [1.54, 1.807) is 6.07 Å². The Hall–Kier alpha value is -1.42. The molecule has 1 fully saturated rings. The van der Waals surface area contributed by atoms with Gasteiger partial charge in [-0.05, 0) is 56.2 Å². The lowest BCUT2D eigenvalue weighted by Crippen LogP contribution is -2.20. The molecule has 1 saturated carbocycles. The Bertz CT molecular complexity index is 451. The lowest BCUT2D eigenvalue weighted by molar-refractivity contribution is 0.0328. The van der Waals surface area contributed by atoms with Gasteiger partial charge < -0.3 is 9.84 Å². The van der Waals surface area contributed by atoms with Crippen molar-refractivity contribution in [2.45, 2.75) is 44.6 Å². The molecule has 0 aromatic heterocycles. The molecule has 1 aromatic rings. The first-order valence-electron chi connectivity index (χ1n) is 6.76. The van der Waals surface area contributed by atoms with Crippen LogP contribution in [-0.4, -0.2) is 23.8 Å². The second kappa shape index (κ2) is 6.15. The number of hydrogen-bond acceptors (Lipinski definition) is 2. The zero-order valence-electron chi connectivity index (χ0n) is 11.1. The third kappa shape index (κ3) is 3.32. The highest BCUT2D eigenvalue weighted by Gasteiger charge is 2.23. The molecule has 0 amide bonds. The number of carboxylic acid groups (broad SMARTS) is 1. The van der Waals surface area contributed by atoms with Gasteiger partial charge in [0, 0.05) is 6.61 Å². The molecule has 2 rings (SSSR count). The highest BCUT2D eigenvalue weighted by atomic mass is 19.1. The van der Waals surface area contributed by atoms with E-state index in [1.165, 1.54) is 12.1 Å². The smallest absolute Gasteiger partial charge is 0.338 e. The Morgan fingerprint density at radius 1 is 1.37 bits per heavy atom. The van der Waals surface area contributed by atoms with E-state index in [2.05, 4.69) is 0 Å². The highest BCUT2D eigenvalue weighted by molar-refractivity contribution is 5.87. The average Bonchev–Trinajstić information content (AvgIpc) is 2.39. The minimum atomic E-state index is -1.22. The van der Waals surface area contributed by atoms with Crippen molar-refractivity contribution in [3.8, 4) is 0 Å². The standard InChI is InChI=1S/C15H19FO3/c1-2-19-12-6-3-10(4-7-12)11-5-8-13(15(17)18)14(16)9-11/h5,8-10,12H,2-4,6-7H2,1H3,(H,17,18). The fourth-order valence-corrected chi connectivity index (χ4v) is 2.76. The molecule has 1 aromatic carbocycles. The third-order valence-corrected chi connectivity index (χ3v) is 3.77. The van der Waals surface area contributed by atoms with E-state index in [1.807, 2.05) is 6.92 Å². The lowest BCUT2D eigenvalue weighted by Gasteiger charge is -2.28. The molecule has 19 heavy (non-hydrogen) atoms. The fourth-order valence-electron chi connectivity index (χ4n) is 2.76. The summed E-state index contributed by atoms with van der Waals surface area (Å²) >= 11 is 0. The van der Waals surface area contributed by atoms with Gasteiger partial charge in [0.05, 0.1) is 11.7 Å². The van der Waals surface area contributed by atoms with E-state index < -0.39 is 11.8 Å². The lowest BCUT2D eigenvalue weighted by atomic mass is 9.82. The predicted octanol–water partition coefficient (Wildman–Crippen LogP) is 3.59. The van der Waals surface area contributed by atoms with Crippen molar-refractivity contribution in [1.29, 1.82) is 0 Å². The molecular formula is C15H19FO3. The van der Waals surface area contributed by atoms with Crippen LogP contribution in [0.1, 0.15) is 54.4 Å². The number of benzene rings is 1. The van der Waals surface area contributed by atoms with Crippen LogP contribution in [0.5, 0.6) is 0 Å². The monoisotopic (exact) mass is 266 g/mol. The number of rotatable bonds is 4. The molecule has 104 valence electrons. The molecule has 0 bridgehead atoms. The molecule has 0 atom stereocenters. The first-order chi connectivity index (χ1) is 9.11. The summed E-state index contributed by atoms with van der Waals surface area (Å²) < 4.78 is 19.2. The molecule has 0 unspecified atom stereocenters. The Labute approximate surface area is 112 Å². The summed E-state index contributed by atoms with van der Waals surface area (Å²) in [6.45, 7) is 2.73. The molecule has 0 radical (unpaired) electrons. The Morgan fingerprint density at radius 2 is 2.05 bits per heavy atom. The molecule has 0 aliphatic heterocycles. The van der Waals surface area contributed by atoms with Crippen LogP contribution in [-0.2, 0) is 4.74 Å². The van der Waals surface area contributed by atoms with Gasteiger partial charge in [-0.3, -0.25) is 0 Å². The van der Waals surface area contributed by atoms with Crippen LogP contribution in [0.15, 0.2) is 18.2 Å². The van der Waals surface area contributed by atoms with Gasteiger partial charge in [-0.15, -0.1) is 0 Å². The van der Waals surface area contributed by atoms with E-state index in [-0.39, 0.29) is 5.56 Å². The zero-order valence-corrected chi connectivity index (χ0v) is 11.1. The van der Waals surface area contributed by atoms with Gasteiger partial charge in [0.15, 0.2) is 0 Å². The number of ether oxygens (including phenoxy) is 1. The summed E-state index contributed by atoms with van der Waals surface area (Å²) in [6, 6.07) is 4.47. The molecular weight excluding hydrogens is 247 g/mol. The first kappa shape index (κ1) is 14.0. The summed E-state index contributed by atoms with van der Waals surface area (Å²) in [6.07, 6.45) is 4.23. The van der Waals surface area contributed by atoms with Crippen LogP contribution in [0, 0.1) is 5.82 Å². The Morgan fingerprint density at radius 3 is 2.58 bits per heavy atom. The highest BCUT2D eigenvalue weighted by Crippen LogP contribution is 2.34. The maximum Gasteiger partial charge on any atom is 0.338 e. The largest absolute Gasteiger partial charge is 0.478 e. The van der Waals surface area contributed by atoms with Gasteiger partial charge in [-0.2, -0.15) is 0 Å². The van der Waals surface area contributed by atoms with E-state index >= 15 is 0 Å². The van der Waals surface area contributed by atoms with Gasteiger partial charge in [0.2, 0.25) is 0 Å². The molecule has 4 heteroatoms. The van der Waals surface area contributed by atoms with Crippen molar-refractivity contribution < 1.29 is 19.0 Å². The zero-order chi connectivity index (χ0) is 13.8. The molecule has 0 saturated heterocycles. The molecule has 0 heterocycles. The summed E-state index contributed by atoms with van der Waals surface area (Å²) in [4.78, 5) is 10.8. The number of carbonyl (C=O) groups is 1. The maximum atomic E-state index is 13.6. The summed E-state index contributed by atoms with van der Waals surface area (Å²) in [5.74, 6) is -1.55. The predicted molar refractivity (Wildman–Crippen MR) is 70.0 cm³/mol. The molecule has 1 N–H and O–H groups in total. The minimum Gasteiger partial charge on any atom is -0.478 e. The fraction of sp³-hybridized carbons (Fsp3) is 0.533. The van der Waals surface area contributed by atoms with Crippen LogP contribution in [0.25, 0.3) is 0 Å². The second-order valence-corrected chi connectivity index (χ2v) is 4.97. The quantitative estimate of drug-likeness (QED) is 0.906. The van der Waals surface area contributed by atoms with Crippen LogP contribution in [0.4, 0.5) is 4.39 Å². The summed E-state index contributed by atoms with van der Waals surface area (Å²) in [7, 11) is 0. The Balaban J connectivity index is 2.04.